The Labute approximate surface area is 188 Å². The molecule has 2 aromatic heterocycles. The number of hydrogen-bond donors (Lipinski definition) is 2. The van der Waals surface area contributed by atoms with Gasteiger partial charge in [-0.2, -0.15) is 0 Å². The molecule has 1 fully saturated rings. The number of aromatic nitrogens is 1. The van der Waals surface area contributed by atoms with Gasteiger partial charge in [0.1, 0.15) is 10.6 Å². The maximum Gasteiger partial charge on any atom is 0.294 e. The predicted octanol–water partition coefficient (Wildman–Crippen LogP) is 1.000. The van der Waals surface area contributed by atoms with Crippen molar-refractivity contribution in [1.82, 2.24) is 25.6 Å². The predicted molar refractivity (Wildman–Crippen MR) is 116 cm³/mol. The van der Waals surface area contributed by atoms with Crippen LogP contribution in [-0.4, -0.2) is 78.4 Å². The van der Waals surface area contributed by atoms with Crippen molar-refractivity contribution in [3.63, 3.8) is 0 Å². The lowest BCUT2D eigenvalue weighted by Gasteiger charge is -2.16. The van der Waals surface area contributed by atoms with Crippen LogP contribution in [0.2, 0.25) is 0 Å². The van der Waals surface area contributed by atoms with E-state index >= 15 is 0 Å². The number of hydrazine groups is 1. The minimum Gasteiger partial charge on any atom is -0.461 e. The van der Waals surface area contributed by atoms with E-state index in [1.807, 2.05) is 19.0 Å². The number of thiazole rings is 1. The molecule has 2 aromatic rings. The number of amides is 1. The minimum atomic E-state index is -0.516. The smallest absolute Gasteiger partial charge is 0.294 e. The monoisotopic (exact) mass is 457 g/mol. The van der Waals surface area contributed by atoms with Gasteiger partial charge in [0, 0.05) is 38.2 Å². The van der Waals surface area contributed by atoms with Crippen molar-refractivity contribution in [3.05, 3.63) is 51.5 Å². The van der Waals surface area contributed by atoms with Gasteiger partial charge in [-0.15, -0.1) is 11.3 Å². The second-order valence-electron chi connectivity index (χ2n) is 7.89. The molecule has 0 bridgehead atoms. The second kappa shape index (κ2) is 9.15. The Morgan fingerprint density at radius 2 is 2.16 bits per heavy atom. The van der Waals surface area contributed by atoms with Gasteiger partial charge in [0.25, 0.3) is 5.91 Å². The first-order chi connectivity index (χ1) is 15.3. The van der Waals surface area contributed by atoms with Gasteiger partial charge in [0.2, 0.25) is 11.6 Å². The Hall–Kier alpha value is -3.15. The van der Waals surface area contributed by atoms with Crippen LogP contribution in [0.5, 0.6) is 0 Å². The highest BCUT2D eigenvalue weighted by Gasteiger charge is 2.34. The molecule has 2 N–H and O–H groups in total. The van der Waals surface area contributed by atoms with Gasteiger partial charge in [0.05, 0.1) is 12.0 Å². The molecule has 1 amide bonds. The van der Waals surface area contributed by atoms with Crippen LogP contribution < -0.4 is 10.7 Å². The van der Waals surface area contributed by atoms with Crippen molar-refractivity contribution in [2.75, 3.05) is 40.3 Å². The zero-order valence-corrected chi connectivity index (χ0v) is 18.5. The number of carbonyl (C=O) groups excluding carboxylic acids is 4. The summed E-state index contributed by atoms with van der Waals surface area (Å²) in [6.07, 6.45) is 3.29. The highest BCUT2D eigenvalue weighted by molar-refractivity contribution is 7.16. The number of nitrogens with zero attached hydrogens (tertiary/aromatic N) is 3. The van der Waals surface area contributed by atoms with Gasteiger partial charge in [0.15, 0.2) is 16.6 Å². The molecule has 0 spiro atoms. The Morgan fingerprint density at radius 1 is 1.34 bits per heavy atom. The van der Waals surface area contributed by atoms with Crippen LogP contribution in [0.3, 0.4) is 0 Å². The number of furan rings is 1. The fourth-order valence-electron chi connectivity index (χ4n) is 3.56. The first-order valence-corrected chi connectivity index (χ1v) is 11.0. The highest BCUT2D eigenvalue weighted by Crippen LogP contribution is 2.26. The van der Waals surface area contributed by atoms with Crippen LogP contribution in [0.4, 0.5) is 0 Å². The summed E-state index contributed by atoms with van der Waals surface area (Å²) in [5, 5.41) is 4.63. The molecule has 3 heterocycles. The van der Waals surface area contributed by atoms with E-state index in [1.165, 1.54) is 12.3 Å². The maximum atomic E-state index is 12.7. The standard InChI is InChI=1S/C21H23N5O5S/c1-25(2)8-6-22-13-10-14(27)19-16(18(13)29)23-21(32-19)20(30)24-26-7-5-12(11-26)17(28)15-4-3-9-31-15/h3-4,9-10,12,22H,5-8,11H2,1-2H3,(H,24,30). The average molecular weight is 458 g/mol. The quantitative estimate of drug-likeness (QED) is 0.559. The number of hydrogen-bond acceptors (Lipinski definition) is 10. The molecule has 1 aliphatic heterocycles. The maximum absolute atomic E-state index is 12.7. The van der Waals surface area contributed by atoms with Crippen LogP contribution in [-0.2, 0) is 0 Å². The third-order valence-corrected chi connectivity index (χ3v) is 6.31. The van der Waals surface area contributed by atoms with Crippen LogP contribution in [0.1, 0.15) is 46.9 Å². The fourth-order valence-corrected chi connectivity index (χ4v) is 4.42. The van der Waals surface area contributed by atoms with Gasteiger partial charge in [-0.05, 0) is 32.6 Å². The molecule has 0 saturated carbocycles. The first-order valence-electron chi connectivity index (χ1n) is 10.2. The van der Waals surface area contributed by atoms with E-state index in [1.54, 1.807) is 17.1 Å². The zero-order valence-electron chi connectivity index (χ0n) is 17.7. The van der Waals surface area contributed by atoms with Crippen LogP contribution in [0, 0.1) is 5.92 Å². The Morgan fingerprint density at radius 3 is 2.88 bits per heavy atom. The average Bonchev–Trinajstić information content (AvgIpc) is 3.51. The Bertz CT molecular complexity index is 1090. The summed E-state index contributed by atoms with van der Waals surface area (Å²) in [5.74, 6) is -1.36. The highest BCUT2D eigenvalue weighted by atomic mass is 32.1. The third-order valence-electron chi connectivity index (χ3n) is 5.24. The van der Waals surface area contributed by atoms with E-state index in [2.05, 4.69) is 15.7 Å². The van der Waals surface area contributed by atoms with E-state index in [0.717, 1.165) is 11.3 Å². The molecule has 32 heavy (non-hydrogen) atoms. The van der Waals surface area contributed by atoms with Crippen molar-refractivity contribution < 1.29 is 23.6 Å². The van der Waals surface area contributed by atoms with Crippen LogP contribution >= 0.6 is 11.3 Å². The summed E-state index contributed by atoms with van der Waals surface area (Å²) in [5.41, 5.74) is 2.89. The van der Waals surface area contributed by atoms with Gasteiger partial charge in [-0.25, -0.2) is 9.99 Å². The lowest BCUT2D eigenvalue weighted by molar-refractivity contribution is 0.0794. The molecule has 1 unspecified atom stereocenters. The SMILES string of the molecule is CN(C)CCNC1=CC(=O)c2sc(C(=O)NN3CCC(C(=O)c4ccco4)C3)nc2C1=O. The molecule has 1 aliphatic carbocycles. The molecule has 2 aliphatic rings. The van der Waals surface area contributed by atoms with Gasteiger partial charge in [-0.1, -0.05) is 0 Å². The fraction of sp³-hybridized carbons (Fsp3) is 0.381. The van der Waals surface area contributed by atoms with E-state index < -0.39 is 11.7 Å². The molecular weight excluding hydrogens is 434 g/mol. The lowest BCUT2D eigenvalue weighted by Crippen LogP contribution is -2.41. The number of ketones is 3. The van der Waals surface area contributed by atoms with Crippen molar-refractivity contribution in [3.8, 4) is 0 Å². The lowest BCUT2D eigenvalue weighted by atomic mass is 10.0. The third kappa shape index (κ3) is 4.54. The van der Waals surface area contributed by atoms with E-state index in [-0.39, 0.29) is 38.8 Å². The molecule has 1 saturated heterocycles. The largest absolute Gasteiger partial charge is 0.461 e. The minimum absolute atomic E-state index is 0.00713. The summed E-state index contributed by atoms with van der Waals surface area (Å²) in [6.45, 7) is 2.02. The molecule has 11 heteroatoms. The summed E-state index contributed by atoms with van der Waals surface area (Å²) >= 11 is 0.892. The normalized spacial score (nSPS) is 18.6. The number of rotatable bonds is 8. The zero-order chi connectivity index (χ0) is 22.8. The van der Waals surface area contributed by atoms with Crippen LogP contribution in [0.15, 0.2) is 34.6 Å². The van der Waals surface area contributed by atoms with Crippen molar-refractivity contribution in [2.24, 2.45) is 5.92 Å². The van der Waals surface area contributed by atoms with E-state index in [0.29, 0.717) is 38.4 Å². The van der Waals surface area contributed by atoms with Gasteiger partial charge < -0.3 is 14.6 Å². The van der Waals surface area contributed by atoms with Gasteiger partial charge >= 0.3 is 0 Å². The number of allylic oxidation sites excluding steroid dienone is 2. The van der Waals surface area contributed by atoms with E-state index in [4.69, 9.17) is 4.42 Å². The summed E-state index contributed by atoms with van der Waals surface area (Å²) in [6, 6.07) is 3.28. The summed E-state index contributed by atoms with van der Waals surface area (Å²) < 4.78 is 5.16. The summed E-state index contributed by atoms with van der Waals surface area (Å²) in [7, 11) is 3.81. The topological polar surface area (TPSA) is 125 Å². The molecule has 1 atom stereocenters. The number of Topliss-reactive ketones (excluding diaryl/α,β-unsaturated/α-hetero) is 2. The molecule has 4 rings (SSSR count). The summed E-state index contributed by atoms with van der Waals surface area (Å²) in [4.78, 5) is 56.5. The molecule has 10 nitrogen and oxygen atoms in total. The molecular formula is C21H23N5O5S. The number of likely N-dealkylation sites (N-methyl/N-ethyl adjacent to an activating group) is 1. The van der Waals surface area contributed by atoms with Crippen molar-refractivity contribution in [1.29, 1.82) is 0 Å². The Balaban J connectivity index is 1.38. The Kier molecular flexibility index (Phi) is 6.31. The molecule has 168 valence electrons. The molecule has 0 radical (unpaired) electrons. The second-order valence-corrected chi connectivity index (χ2v) is 8.89. The van der Waals surface area contributed by atoms with E-state index in [9.17, 15) is 19.2 Å². The number of fused-ring (bicyclic) bond motifs is 1. The van der Waals surface area contributed by atoms with Crippen LogP contribution in [0.25, 0.3) is 0 Å². The number of nitrogens with one attached hydrogen (secondary N) is 2. The van der Waals surface area contributed by atoms with Crippen molar-refractivity contribution in [2.45, 2.75) is 6.42 Å². The molecule has 0 aromatic carbocycles. The first kappa shape index (κ1) is 22.1. The number of carbonyl (C=O) groups is 4. The van der Waals surface area contributed by atoms with Crippen molar-refractivity contribution >= 4 is 34.6 Å². The van der Waals surface area contributed by atoms with Gasteiger partial charge in [-0.3, -0.25) is 24.6 Å².